The van der Waals surface area contributed by atoms with E-state index in [9.17, 15) is 28.8 Å². The summed E-state index contributed by atoms with van der Waals surface area (Å²) in [4.78, 5) is 80.6. The third-order valence-electron chi connectivity index (χ3n) is 13.6. The smallest absolute Gasteiger partial charge is 0.308 e. The first-order valence-electron chi connectivity index (χ1n) is 27.3. The lowest BCUT2D eigenvalue weighted by molar-refractivity contribution is -0.169. The van der Waals surface area contributed by atoms with E-state index in [4.69, 9.17) is 28.4 Å². The second-order valence-electron chi connectivity index (χ2n) is 21.0. The fraction of sp³-hybridized carbons (Fsp3) is 0.524. The summed E-state index contributed by atoms with van der Waals surface area (Å²) in [6, 6.07) is 32.7. The van der Waals surface area contributed by atoms with Crippen molar-refractivity contribution in [2.45, 2.75) is 145 Å². The molecule has 0 saturated carbocycles. The lowest BCUT2D eigenvalue weighted by atomic mass is 10.0. The molecule has 0 aliphatic rings. The molecule has 0 aliphatic heterocycles. The molecule has 4 aromatic carbocycles. The number of hydrogen-bond acceptors (Lipinski definition) is 13. The van der Waals surface area contributed by atoms with Gasteiger partial charge in [-0.3, -0.25) is 28.8 Å². The lowest BCUT2D eigenvalue weighted by Crippen LogP contribution is -2.33. The van der Waals surface area contributed by atoms with E-state index in [-0.39, 0.29) is 39.3 Å². The molecule has 0 aliphatic carbocycles. The fourth-order valence-electron chi connectivity index (χ4n) is 8.11. The largest absolute Gasteiger partial charge is 0.461 e. The van der Waals surface area contributed by atoms with Crippen LogP contribution in [0.2, 0.25) is 0 Å². The number of rotatable bonds is 34. The van der Waals surface area contributed by atoms with E-state index >= 15 is 0 Å². The Kier molecular flexibility index (Phi) is 27.5. The van der Waals surface area contributed by atoms with Gasteiger partial charge in [-0.1, -0.05) is 147 Å². The minimum Gasteiger partial charge on any atom is -0.461 e. The molecular weight excluding hydrogens is 963 g/mol. The number of nitrogens with zero attached hydrogens (tertiary/aromatic N) is 1. The minimum atomic E-state index is -0.992. The van der Waals surface area contributed by atoms with Gasteiger partial charge >= 0.3 is 35.8 Å². The van der Waals surface area contributed by atoms with Crippen molar-refractivity contribution in [3.8, 4) is 0 Å². The van der Waals surface area contributed by atoms with E-state index in [0.717, 1.165) is 44.5 Å². The monoisotopic (exact) mass is 1050 g/mol. The van der Waals surface area contributed by atoms with Crippen molar-refractivity contribution in [1.82, 2.24) is 4.90 Å². The zero-order valence-electron chi connectivity index (χ0n) is 46.8. The SMILES string of the molecule is Cc1ccc(CCC(C)C(=O)OCC(COC(=O)C(C)CCc2ccc(C)cc2)OC(=O)CCCN(C)CCCC(=O)OC(COC(=O)C(C)CCc2ccc(C)cc2)COC(=O)C(C)CCc2ccc(C)cc2)cc1. The van der Waals surface area contributed by atoms with E-state index in [1.807, 2.05) is 137 Å². The van der Waals surface area contributed by atoms with Crippen LogP contribution < -0.4 is 0 Å². The predicted molar refractivity (Wildman–Crippen MR) is 294 cm³/mol. The Morgan fingerprint density at radius 1 is 0.382 bits per heavy atom. The first kappa shape index (κ1) is 62.2. The van der Waals surface area contributed by atoms with Crippen LogP contribution in [-0.2, 0) is 82.9 Å². The van der Waals surface area contributed by atoms with Gasteiger partial charge in [0.1, 0.15) is 26.4 Å². The molecule has 0 spiro atoms. The highest BCUT2D eigenvalue weighted by atomic mass is 16.6. The number of esters is 6. The van der Waals surface area contributed by atoms with Crippen LogP contribution in [0, 0.1) is 51.4 Å². The maximum atomic E-state index is 13.2. The average Bonchev–Trinajstić information content (AvgIpc) is 3.40. The molecule has 0 amide bonds. The van der Waals surface area contributed by atoms with Gasteiger partial charge in [-0.25, -0.2) is 0 Å². The van der Waals surface area contributed by atoms with Crippen molar-refractivity contribution in [2.75, 3.05) is 46.6 Å². The molecule has 0 bridgehead atoms. The van der Waals surface area contributed by atoms with Crippen LogP contribution in [0.25, 0.3) is 0 Å². The Bertz CT molecular complexity index is 2070. The van der Waals surface area contributed by atoms with Crippen LogP contribution >= 0.6 is 0 Å². The maximum absolute atomic E-state index is 13.2. The summed E-state index contributed by atoms with van der Waals surface area (Å²) in [5, 5.41) is 0. The van der Waals surface area contributed by atoms with Crippen LogP contribution in [0.1, 0.15) is 124 Å². The van der Waals surface area contributed by atoms with E-state index in [1.54, 1.807) is 27.7 Å². The topological polar surface area (TPSA) is 161 Å². The quantitative estimate of drug-likeness (QED) is 0.0321. The van der Waals surface area contributed by atoms with E-state index < -0.39 is 71.7 Å². The Labute approximate surface area is 452 Å². The molecule has 4 rings (SSSR count). The van der Waals surface area contributed by atoms with Gasteiger partial charge in [-0.2, -0.15) is 0 Å². The molecule has 0 radical (unpaired) electrons. The molecule has 0 heterocycles. The zero-order valence-corrected chi connectivity index (χ0v) is 46.8. The standard InChI is InChI=1S/C63H85NO12/c1-44-14-26-52(27-15-44)34-22-48(5)60(67)71-40-56(41-72-61(68)49(6)23-35-53-28-16-45(2)17-29-53)75-58(65)12-10-38-64(9)39-11-13-59(66)76-57(42-73-62(69)50(7)24-36-54-30-18-46(3)19-31-54)43-74-63(70)51(8)25-37-55-32-20-47(4)21-33-55/h14-21,26-33,48-51,56-57H,10-13,22-25,34-43H2,1-9H3. The van der Waals surface area contributed by atoms with Gasteiger partial charge in [0.2, 0.25) is 0 Å². The molecule has 76 heavy (non-hydrogen) atoms. The van der Waals surface area contributed by atoms with Gasteiger partial charge in [0, 0.05) is 12.8 Å². The second-order valence-corrected chi connectivity index (χ2v) is 21.0. The van der Waals surface area contributed by atoms with Gasteiger partial charge < -0.3 is 33.3 Å². The number of carbonyl (C=O) groups is 6. The molecule has 0 fully saturated rings. The molecule has 0 saturated heterocycles. The first-order valence-corrected chi connectivity index (χ1v) is 27.3. The number of benzene rings is 4. The van der Waals surface area contributed by atoms with Crippen molar-refractivity contribution in [3.63, 3.8) is 0 Å². The van der Waals surface area contributed by atoms with Crippen molar-refractivity contribution >= 4 is 35.8 Å². The van der Waals surface area contributed by atoms with Gasteiger partial charge in [0.15, 0.2) is 12.2 Å². The van der Waals surface area contributed by atoms with E-state index in [0.29, 0.717) is 77.3 Å². The van der Waals surface area contributed by atoms with Crippen molar-refractivity contribution in [3.05, 3.63) is 142 Å². The molecule has 13 heteroatoms. The summed E-state index contributed by atoms with van der Waals surface area (Å²) in [5.41, 5.74) is 9.13. The average molecular weight is 1050 g/mol. The Hall–Kier alpha value is -6.34. The number of hydrogen-bond donors (Lipinski definition) is 0. The molecule has 13 nitrogen and oxygen atoms in total. The van der Waals surface area contributed by atoms with Gasteiger partial charge in [0.05, 0.1) is 23.7 Å². The van der Waals surface area contributed by atoms with Crippen LogP contribution in [0.15, 0.2) is 97.1 Å². The summed E-state index contributed by atoms with van der Waals surface area (Å²) in [6.07, 6.45) is 4.12. The summed E-state index contributed by atoms with van der Waals surface area (Å²) < 4.78 is 34.0. The van der Waals surface area contributed by atoms with Gasteiger partial charge in [-0.05, 0) is 134 Å². The summed E-state index contributed by atoms with van der Waals surface area (Å²) in [5.74, 6) is -4.38. The maximum Gasteiger partial charge on any atom is 0.308 e. The van der Waals surface area contributed by atoms with E-state index in [1.165, 1.54) is 0 Å². The van der Waals surface area contributed by atoms with Gasteiger partial charge in [-0.15, -0.1) is 0 Å². The highest BCUT2D eigenvalue weighted by Gasteiger charge is 2.26. The summed E-state index contributed by atoms with van der Waals surface area (Å²) in [6.45, 7) is 15.3. The fourth-order valence-corrected chi connectivity index (χ4v) is 8.11. The van der Waals surface area contributed by atoms with E-state index in [2.05, 4.69) is 0 Å². The van der Waals surface area contributed by atoms with Crippen LogP contribution in [0.5, 0.6) is 0 Å². The molecule has 0 aromatic heterocycles. The second kappa shape index (κ2) is 33.6. The lowest BCUT2D eigenvalue weighted by Gasteiger charge is -2.21. The Balaban J connectivity index is 1.23. The first-order chi connectivity index (χ1) is 36.3. The Morgan fingerprint density at radius 3 is 0.829 bits per heavy atom. The van der Waals surface area contributed by atoms with Gasteiger partial charge in [0.25, 0.3) is 0 Å². The van der Waals surface area contributed by atoms with Crippen molar-refractivity contribution < 1.29 is 57.2 Å². The molecule has 0 N–H and O–H groups in total. The highest BCUT2D eigenvalue weighted by molar-refractivity contribution is 5.74. The third kappa shape index (κ3) is 25.0. The summed E-state index contributed by atoms with van der Waals surface area (Å²) in [7, 11) is 1.88. The van der Waals surface area contributed by atoms with Crippen molar-refractivity contribution in [1.29, 1.82) is 0 Å². The van der Waals surface area contributed by atoms with Crippen LogP contribution in [0.4, 0.5) is 0 Å². The van der Waals surface area contributed by atoms with Crippen LogP contribution in [0.3, 0.4) is 0 Å². The molecule has 4 atom stereocenters. The molecule has 4 aromatic rings. The number of aryl methyl sites for hydroxylation is 8. The minimum absolute atomic E-state index is 0.0545. The zero-order chi connectivity index (χ0) is 55.4. The van der Waals surface area contributed by atoms with Crippen molar-refractivity contribution in [2.24, 2.45) is 23.7 Å². The molecule has 414 valence electrons. The number of carbonyl (C=O) groups excluding carboxylic acids is 6. The normalized spacial score (nSPS) is 13.6. The molecule has 4 unspecified atom stereocenters. The summed E-state index contributed by atoms with van der Waals surface area (Å²) >= 11 is 0. The number of ether oxygens (including phenoxy) is 6. The van der Waals surface area contributed by atoms with Crippen LogP contribution in [-0.4, -0.2) is 99.5 Å². The molecular formula is C63H85NO12. The Morgan fingerprint density at radius 2 is 0.605 bits per heavy atom. The predicted octanol–water partition coefficient (Wildman–Crippen LogP) is 10.8. The highest BCUT2D eigenvalue weighted by Crippen LogP contribution is 2.18. The third-order valence-corrected chi connectivity index (χ3v) is 13.6.